The smallest absolute Gasteiger partial charge is 0.251 e. The summed E-state index contributed by atoms with van der Waals surface area (Å²) in [4.78, 5) is 19.2. The van der Waals surface area contributed by atoms with Crippen LogP contribution in [0.15, 0.2) is 42.6 Å². The number of carbonyl (C=O) groups is 1. The van der Waals surface area contributed by atoms with Crippen LogP contribution in [-0.2, 0) is 6.54 Å². The van der Waals surface area contributed by atoms with Crippen molar-refractivity contribution in [2.75, 3.05) is 32.0 Å². The van der Waals surface area contributed by atoms with Gasteiger partial charge in [0.2, 0.25) is 0 Å². The lowest BCUT2D eigenvalue weighted by Crippen LogP contribution is -2.31. The second-order valence-corrected chi connectivity index (χ2v) is 6.78. The summed E-state index contributed by atoms with van der Waals surface area (Å²) in [5.74, 6) is 0.563. The Balaban J connectivity index is 1.60. The van der Waals surface area contributed by atoms with E-state index in [0.29, 0.717) is 12.5 Å². The number of amides is 1. The van der Waals surface area contributed by atoms with E-state index in [2.05, 4.69) is 27.6 Å². The van der Waals surface area contributed by atoms with Gasteiger partial charge in [0.25, 0.3) is 5.91 Å². The molecule has 132 valence electrons. The molecule has 1 fully saturated rings. The summed E-state index contributed by atoms with van der Waals surface area (Å²) in [6, 6.07) is 11.7. The molecule has 1 aliphatic rings. The van der Waals surface area contributed by atoms with Crippen LogP contribution in [0.5, 0.6) is 0 Å². The number of anilines is 1. The van der Waals surface area contributed by atoms with Crippen molar-refractivity contribution in [3.8, 4) is 0 Å². The fourth-order valence-electron chi connectivity index (χ4n) is 3.29. The number of hydrogen-bond acceptors (Lipinski definition) is 4. The first-order valence-electron chi connectivity index (χ1n) is 8.83. The number of carbonyl (C=O) groups excluding carboxylic acids is 1. The molecule has 0 aliphatic carbocycles. The van der Waals surface area contributed by atoms with Crippen molar-refractivity contribution in [2.45, 2.75) is 19.9 Å². The maximum atomic E-state index is 12.6. The Morgan fingerprint density at radius 3 is 2.88 bits per heavy atom. The molecule has 1 saturated heterocycles. The summed E-state index contributed by atoms with van der Waals surface area (Å²) >= 11 is 0. The van der Waals surface area contributed by atoms with Crippen LogP contribution in [0, 0.1) is 12.8 Å². The number of likely N-dealkylation sites (tertiary alicyclic amines) is 1. The fourth-order valence-corrected chi connectivity index (χ4v) is 3.29. The van der Waals surface area contributed by atoms with Crippen molar-refractivity contribution in [3.63, 3.8) is 0 Å². The number of nitrogens with zero attached hydrogens (tertiary/aromatic N) is 2. The average molecular weight is 338 g/mol. The molecule has 25 heavy (non-hydrogen) atoms. The normalized spacial score (nSPS) is 17.4. The lowest BCUT2D eigenvalue weighted by atomic mass is 10.0. The quantitative estimate of drug-likeness (QED) is 0.850. The molecule has 1 aliphatic heterocycles. The highest BCUT2D eigenvalue weighted by molar-refractivity contribution is 5.97. The molecule has 0 spiro atoms. The summed E-state index contributed by atoms with van der Waals surface area (Å²) in [6.07, 6.45) is 2.94. The van der Waals surface area contributed by atoms with Gasteiger partial charge in [-0.1, -0.05) is 12.1 Å². The minimum absolute atomic E-state index is 0.00791. The summed E-state index contributed by atoms with van der Waals surface area (Å²) in [5.41, 5.74) is 3.65. The highest BCUT2D eigenvalue weighted by atomic mass is 16.1. The molecular formula is C20H26N4O. The summed E-state index contributed by atoms with van der Waals surface area (Å²) in [6.45, 7) is 5.55. The molecule has 0 radical (unpaired) electrons. The van der Waals surface area contributed by atoms with E-state index >= 15 is 0 Å². The van der Waals surface area contributed by atoms with Gasteiger partial charge in [-0.2, -0.15) is 0 Å². The minimum Gasteiger partial charge on any atom is -0.379 e. The number of hydrogen-bond donors (Lipinski definition) is 2. The minimum atomic E-state index is 0.00791. The van der Waals surface area contributed by atoms with Gasteiger partial charge in [0.15, 0.2) is 0 Å². The number of nitrogens with one attached hydrogen (secondary N) is 2. The van der Waals surface area contributed by atoms with Crippen molar-refractivity contribution in [3.05, 3.63) is 59.4 Å². The van der Waals surface area contributed by atoms with E-state index in [0.717, 1.165) is 48.6 Å². The molecule has 5 heteroatoms. The topological polar surface area (TPSA) is 57.3 Å². The van der Waals surface area contributed by atoms with Crippen LogP contribution in [0.3, 0.4) is 0 Å². The Hall–Kier alpha value is -2.40. The van der Waals surface area contributed by atoms with E-state index in [4.69, 9.17) is 0 Å². The molecule has 3 rings (SSSR count). The van der Waals surface area contributed by atoms with Crippen LogP contribution in [-0.4, -0.2) is 42.5 Å². The van der Waals surface area contributed by atoms with Crippen molar-refractivity contribution in [1.82, 2.24) is 15.2 Å². The van der Waals surface area contributed by atoms with Crippen molar-refractivity contribution in [1.29, 1.82) is 0 Å². The third kappa shape index (κ3) is 4.57. The van der Waals surface area contributed by atoms with Crippen molar-refractivity contribution >= 4 is 11.6 Å². The van der Waals surface area contributed by atoms with Gasteiger partial charge in [0.1, 0.15) is 0 Å². The van der Waals surface area contributed by atoms with Crippen LogP contribution < -0.4 is 10.6 Å². The first-order valence-corrected chi connectivity index (χ1v) is 8.83. The average Bonchev–Trinajstić information content (AvgIpc) is 3.05. The molecule has 0 saturated carbocycles. The number of benzene rings is 1. The first-order chi connectivity index (χ1) is 12.1. The summed E-state index contributed by atoms with van der Waals surface area (Å²) in [7, 11) is 2.13. The first kappa shape index (κ1) is 17.4. The molecule has 2 heterocycles. The molecule has 0 bridgehead atoms. The standard InChI is InChI=1S/C20H26N4O/c1-15-18(20(25)23-12-16-9-11-24(2)14-16)7-5-8-19(15)22-13-17-6-3-4-10-21-17/h3-8,10,16,22H,9,11-14H2,1-2H3,(H,23,25). The molecular weight excluding hydrogens is 312 g/mol. The lowest BCUT2D eigenvalue weighted by molar-refractivity contribution is 0.0947. The van der Waals surface area contributed by atoms with Gasteiger partial charge in [-0.3, -0.25) is 9.78 Å². The Labute approximate surface area is 149 Å². The van der Waals surface area contributed by atoms with Crippen LogP contribution in [0.1, 0.15) is 28.0 Å². The Kier molecular flexibility index (Phi) is 5.66. The second kappa shape index (κ2) is 8.12. The molecule has 5 nitrogen and oxygen atoms in total. The highest BCUT2D eigenvalue weighted by Crippen LogP contribution is 2.20. The van der Waals surface area contributed by atoms with E-state index in [9.17, 15) is 4.79 Å². The van der Waals surface area contributed by atoms with Crippen molar-refractivity contribution in [2.24, 2.45) is 5.92 Å². The van der Waals surface area contributed by atoms with E-state index in [1.807, 2.05) is 43.3 Å². The zero-order valence-electron chi connectivity index (χ0n) is 15.0. The third-order valence-corrected chi connectivity index (χ3v) is 4.80. The highest BCUT2D eigenvalue weighted by Gasteiger charge is 2.20. The third-order valence-electron chi connectivity index (χ3n) is 4.80. The van der Waals surface area contributed by atoms with Crippen molar-refractivity contribution < 1.29 is 4.79 Å². The molecule has 1 unspecified atom stereocenters. The SMILES string of the molecule is Cc1c(NCc2ccccn2)cccc1C(=O)NCC1CCN(C)C1. The van der Waals surface area contributed by atoms with Gasteiger partial charge >= 0.3 is 0 Å². The summed E-state index contributed by atoms with van der Waals surface area (Å²) in [5, 5.41) is 6.48. The molecule has 1 aromatic carbocycles. The molecule has 1 amide bonds. The number of pyridine rings is 1. The van der Waals surface area contributed by atoms with Crippen LogP contribution in [0.4, 0.5) is 5.69 Å². The zero-order valence-corrected chi connectivity index (χ0v) is 15.0. The number of rotatable bonds is 6. The van der Waals surface area contributed by atoms with Gasteiger partial charge in [-0.25, -0.2) is 0 Å². The van der Waals surface area contributed by atoms with E-state index in [1.165, 1.54) is 0 Å². The monoisotopic (exact) mass is 338 g/mol. The fraction of sp³-hybridized carbons (Fsp3) is 0.400. The second-order valence-electron chi connectivity index (χ2n) is 6.78. The van der Waals surface area contributed by atoms with Gasteiger partial charge in [0.05, 0.1) is 12.2 Å². The molecule has 1 atom stereocenters. The van der Waals surface area contributed by atoms with Gasteiger partial charge in [0, 0.05) is 30.5 Å². The predicted molar refractivity (Wildman–Crippen MR) is 101 cm³/mol. The molecule has 2 N–H and O–H groups in total. The Morgan fingerprint density at radius 2 is 2.16 bits per heavy atom. The Morgan fingerprint density at radius 1 is 1.28 bits per heavy atom. The predicted octanol–water partition coefficient (Wildman–Crippen LogP) is 2.68. The van der Waals surface area contributed by atoms with Gasteiger partial charge in [-0.05, 0) is 62.7 Å². The summed E-state index contributed by atoms with van der Waals surface area (Å²) < 4.78 is 0. The van der Waals surface area contributed by atoms with E-state index < -0.39 is 0 Å². The number of aromatic nitrogens is 1. The largest absolute Gasteiger partial charge is 0.379 e. The zero-order chi connectivity index (χ0) is 17.6. The lowest BCUT2D eigenvalue weighted by Gasteiger charge is -2.15. The van der Waals surface area contributed by atoms with E-state index in [-0.39, 0.29) is 5.91 Å². The van der Waals surface area contributed by atoms with Gasteiger partial charge < -0.3 is 15.5 Å². The van der Waals surface area contributed by atoms with E-state index in [1.54, 1.807) is 6.20 Å². The maximum Gasteiger partial charge on any atom is 0.251 e. The van der Waals surface area contributed by atoms with Gasteiger partial charge in [-0.15, -0.1) is 0 Å². The molecule has 2 aromatic rings. The van der Waals surface area contributed by atoms with Crippen LogP contribution in [0.25, 0.3) is 0 Å². The molecule has 1 aromatic heterocycles. The maximum absolute atomic E-state index is 12.6. The van der Waals surface area contributed by atoms with Crippen LogP contribution >= 0.6 is 0 Å². The van der Waals surface area contributed by atoms with Crippen LogP contribution in [0.2, 0.25) is 0 Å². The Bertz CT molecular complexity index is 717.